The number of carboxylic acid groups (broad SMARTS) is 1. The van der Waals surface area contributed by atoms with Crippen LogP contribution in [0.5, 0.6) is 0 Å². The third-order valence-corrected chi connectivity index (χ3v) is 4.64. The summed E-state index contributed by atoms with van der Waals surface area (Å²) >= 11 is 11.6. The predicted octanol–water partition coefficient (Wildman–Crippen LogP) is 4.76. The summed E-state index contributed by atoms with van der Waals surface area (Å²) in [6.07, 6.45) is -5.17. The number of halogens is 5. The highest BCUT2D eigenvalue weighted by Gasteiger charge is 2.68. The second kappa shape index (κ2) is 6.79. The van der Waals surface area contributed by atoms with Gasteiger partial charge in [-0.25, -0.2) is 4.79 Å². The van der Waals surface area contributed by atoms with E-state index in [1.54, 1.807) is 0 Å². The molecule has 2 aromatic carbocycles. The molecule has 0 saturated carbocycles. The minimum atomic E-state index is -5.17. The number of hydrogen-bond acceptors (Lipinski definition) is 4. The number of rotatable bonds is 3. The Balaban J connectivity index is 2.12. The Morgan fingerprint density at radius 1 is 1.14 bits per heavy atom. The summed E-state index contributed by atoms with van der Waals surface area (Å²) in [6, 6.07) is 6.68. The number of aromatic carboxylic acids is 1. The molecule has 0 amide bonds. The van der Waals surface area contributed by atoms with Gasteiger partial charge < -0.3 is 9.94 Å². The van der Waals surface area contributed by atoms with Crippen molar-refractivity contribution >= 4 is 40.7 Å². The number of benzene rings is 2. The molecular weight excluding hydrogens is 422 g/mol. The molecule has 5 nitrogen and oxygen atoms in total. The Kier molecular flexibility index (Phi) is 4.89. The largest absolute Gasteiger partial charge is 0.478 e. The van der Waals surface area contributed by atoms with Gasteiger partial charge in [-0.3, -0.25) is 4.79 Å². The lowest BCUT2D eigenvalue weighted by Gasteiger charge is -2.28. The Morgan fingerprint density at radius 3 is 2.25 bits per heavy atom. The minimum Gasteiger partial charge on any atom is -0.478 e. The van der Waals surface area contributed by atoms with Gasteiger partial charge in [0.25, 0.3) is 0 Å². The van der Waals surface area contributed by atoms with Crippen LogP contribution in [0.4, 0.5) is 13.2 Å². The van der Waals surface area contributed by atoms with Crippen LogP contribution in [0.2, 0.25) is 10.0 Å². The summed E-state index contributed by atoms with van der Waals surface area (Å²) in [4.78, 5) is 28.6. The molecule has 1 atom stereocenters. The third-order valence-electron chi connectivity index (χ3n) is 4.21. The number of aryl methyl sites for hydroxylation is 1. The number of carbonyl (C=O) groups excluding carboxylic acids is 1. The minimum absolute atomic E-state index is 0.00764. The van der Waals surface area contributed by atoms with E-state index < -0.39 is 34.8 Å². The third kappa shape index (κ3) is 3.12. The van der Waals surface area contributed by atoms with Crippen molar-refractivity contribution < 1.29 is 32.7 Å². The maximum absolute atomic E-state index is 14.0. The molecule has 3 rings (SSSR count). The van der Waals surface area contributed by atoms with Gasteiger partial charge in [0.05, 0.1) is 5.56 Å². The van der Waals surface area contributed by atoms with Gasteiger partial charge in [0, 0.05) is 21.2 Å². The van der Waals surface area contributed by atoms with E-state index in [-0.39, 0.29) is 26.7 Å². The highest BCUT2D eigenvalue weighted by Crippen LogP contribution is 2.47. The molecule has 146 valence electrons. The number of hydrogen-bond donors (Lipinski definition) is 1. The fourth-order valence-electron chi connectivity index (χ4n) is 2.88. The number of Topliss-reactive ketones (excluding diaryl/α,β-unsaturated/α-hetero) is 1. The van der Waals surface area contributed by atoms with Gasteiger partial charge >= 0.3 is 17.7 Å². The molecule has 0 saturated heterocycles. The summed E-state index contributed by atoms with van der Waals surface area (Å²) in [5.41, 5.74) is -4.42. The van der Waals surface area contributed by atoms with Crippen molar-refractivity contribution in [3.8, 4) is 0 Å². The average Bonchev–Trinajstić information content (AvgIpc) is 2.91. The highest BCUT2D eigenvalue weighted by molar-refractivity contribution is 6.49. The van der Waals surface area contributed by atoms with Gasteiger partial charge in [-0.05, 0) is 42.8 Å². The van der Waals surface area contributed by atoms with Crippen LogP contribution in [0.25, 0.3) is 0 Å². The average molecular weight is 432 g/mol. The number of nitrogens with zero attached hydrogens (tertiary/aromatic N) is 1. The van der Waals surface area contributed by atoms with Crippen LogP contribution in [0.15, 0.2) is 41.6 Å². The first kappa shape index (κ1) is 20.2. The second-order valence-corrected chi connectivity index (χ2v) is 6.91. The van der Waals surface area contributed by atoms with Gasteiger partial charge in [-0.2, -0.15) is 13.2 Å². The van der Waals surface area contributed by atoms with Crippen LogP contribution >= 0.6 is 23.2 Å². The molecule has 0 radical (unpaired) electrons. The van der Waals surface area contributed by atoms with Gasteiger partial charge in [-0.15, -0.1) is 0 Å². The number of carbonyl (C=O) groups is 2. The molecule has 1 aliphatic heterocycles. The number of carboxylic acids is 1. The van der Waals surface area contributed by atoms with E-state index in [0.29, 0.717) is 0 Å². The van der Waals surface area contributed by atoms with Gasteiger partial charge in [0.15, 0.2) is 5.71 Å². The van der Waals surface area contributed by atoms with E-state index >= 15 is 0 Å². The van der Waals surface area contributed by atoms with Crippen molar-refractivity contribution in [2.24, 2.45) is 5.16 Å². The predicted molar refractivity (Wildman–Crippen MR) is 95.0 cm³/mol. The van der Waals surface area contributed by atoms with Crippen molar-refractivity contribution in [2.45, 2.75) is 18.7 Å². The topological polar surface area (TPSA) is 76.0 Å². The van der Waals surface area contributed by atoms with E-state index in [1.165, 1.54) is 31.2 Å². The van der Waals surface area contributed by atoms with Gasteiger partial charge in [0.1, 0.15) is 0 Å². The summed E-state index contributed by atoms with van der Waals surface area (Å²) in [7, 11) is 0. The zero-order valence-electron chi connectivity index (χ0n) is 14.0. The van der Waals surface area contributed by atoms with Crippen LogP contribution in [-0.2, 0) is 15.2 Å². The molecule has 0 bridgehead atoms. The molecular formula is C18H10Cl2F3NO4. The molecule has 0 fully saturated rings. The van der Waals surface area contributed by atoms with Crippen molar-refractivity contribution in [1.82, 2.24) is 0 Å². The standard InChI is InChI=1S/C18H10Cl2F3NO4/c1-8-4-9(2-3-13(8)16(26)27)14-15(25)17(28-24-14,18(21,22)23)10-5-11(19)7-12(20)6-10/h2-7H,1H3,(H,26,27). The first-order valence-electron chi connectivity index (χ1n) is 7.66. The second-order valence-electron chi connectivity index (χ2n) is 6.03. The van der Waals surface area contributed by atoms with E-state index in [1.807, 2.05) is 0 Å². The van der Waals surface area contributed by atoms with Crippen molar-refractivity contribution in [3.63, 3.8) is 0 Å². The van der Waals surface area contributed by atoms with Crippen LogP contribution in [0, 0.1) is 6.92 Å². The Labute approximate surface area is 166 Å². The van der Waals surface area contributed by atoms with Gasteiger partial charge in [0.2, 0.25) is 5.78 Å². The van der Waals surface area contributed by atoms with Crippen molar-refractivity contribution in [1.29, 1.82) is 0 Å². The zero-order chi connectivity index (χ0) is 20.9. The smallest absolute Gasteiger partial charge is 0.443 e. The lowest BCUT2D eigenvalue weighted by molar-refractivity contribution is -0.264. The maximum Gasteiger partial charge on any atom is 0.443 e. The molecule has 0 spiro atoms. The zero-order valence-corrected chi connectivity index (χ0v) is 15.5. The van der Waals surface area contributed by atoms with Crippen LogP contribution in [-0.4, -0.2) is 28.7 Å². The maximum atomic E-state index is 14.0. The normalized spacial score (nSPS) is 19.4. The molecule has 0 aromatic heterocycles. The number of alkyl halides is 3. The molecule has 28 heavy (non-hydrogen) atoms. The molecule has 1 heterocycles. The number of ketones is 1. The Bertz CT molecular complexity index is 1020. The fourth-order valence-corrected chi connectivity index (χ4v) is 3.41. The monoisotopic (exact) mass is 431 g/mol. The lowest BCUT2D eigenvalue weighted by atomic mass is 9.85. The van der Waals surface area contributed by atoms with E-state index in [0.717, 1.165) is 12.1 Å². The van der Waals surface area contributed by atoms with Crippen LogP contribution < -0.4 is 0 Å². The van der Waals surface area contributed by atoms with Crippen molar-refractivity contribution in [3.05, 3.63) is 68.7 Å². The molecule has 1 N–H and O–H groups in total. The van der Waals surface area contributed by atoms with E-state index in [9.17, 15) is 22.8 Å². The molecule has 1 aliphatic rings. The first-order chi connectivity index (χ1) is 13.0. The fraction of sp³-hybridized carbons (Fsp3) is 0.167. The number of oxime groups is 1. The van der Waals surface area contributed by atoms with E-state index in [4.69, 9.17) is 28.3 Å². The van der Waals surface area contributed by atoms with Crippen LogP contribution in [0.3, 0.4) is 0 Å². The summed E-state index contributed by atoms with van der Waals surface area (Å²) < 4.78 is 41.9. The van der Waals surface area contributed by atoms with E-state index in [2.05, 4.69) is 9.99 Å². The van der Waals surface area contributed by atoms with Gasteiger partial charge in [-0.1, -0.05) is 34.4 Å². The summed E-state index contributed by atoms with van der Waals surface area (Å²) in [6.45, 7) is 1.45. The molecule has 0 aliphatic carbocycles. The SMILES string of the molecule is Cc1cc(C2=NOC(c3cc(Cl)cc(Cl)c3)(C(F)(F)F)C2=O)ccc1C(=O)O. The quantitative estimate of drug-likeness (QED) is 0.759. The highest BCUT2D eigenvalue weighted by atomic mass is 35.5. The van der Waals surface area contributed by atoms with Crippen molar-refractivity contribution in [2.75, 3.05) is 0 Å². The molecule has 10 heteroatoms. The molecule has 2 aromatic rings. The Hall–Kier alpha value is -2.58. The lowest BCUT2D eigenvalue weighted by Crippen LogP contribution is -2.49. The Morgan fingerprint density at radius 2 is 1.75 bits per heavy atom. The first-order valence-corrected chi connectivity index (χ1v) is 8.41. The molecule has 1 unspecified atom stereocenters. The van der Waals surface area contributed by atoms with Crippen LogP contribution in [0.1, 0.15) is 27.0 Å². The summed E-state index contributed by atoms with van der Waals surface area (Å²) in [5, 5.41) is 12.2. The summed E-state index contributed by atoms with van der Waals surface area (Å²) in [5.74, 6) is -2.67.